The van der Waals surface area contributed by atoms with Crippen molar-refractivity contribution >= 4 is 16.9 Å². The first-order valence-corrected chi connectivity index (χ1v) is 11.3. The van der Waals surface area contributed by atoms with Crippen molar-refractivity contribution in [2.45, 2.75) is 46.2 Å². The van der Waals surface area contributed by atoms with Gasteiger partial charge in [-0.15, -0.1) is 0 Å². The second kappa shape index (κ2) is 8.84. The lowest BCUT2D eigenvalue weighted by molar-refractivity contribution is -0.139. The third-order valence-corrected chi connectivity index (χ3v) is 6.54. The number of piperidine rings is 1. The molecule has 1 aromatic heterocycles. The lowest BCUT2D eigenvalue weighted by Crippen LogP contribution is -2.52. The van der Waals surface area contributed by atoms with Gasteiger partial charge in [0.15, 0.2) is 0 Å². The minimum Gasteiger partial charge on any atom is -0.340 e. The van der Waals surface area contributed by atoms with Crippen LogP contribution in [0, 0.1) is 5.92 Å². The summed E-state index contributed by atoms with van der Waals surface area (Å²) in [5, 5.41) is 0. The normalized spacial score (nSPS) is 21.9. The van der Waals surface area contributed by atoms with Gasteiger partial charge in [0.2, 0.25) is 5.91 Å². The molecule has 2 saturated heterocycles. The van der Waals surface area contributed by atoms with Gasteiger partial charge in [0.25, 0.3) is 0 Å². The van der Waals surface area contributed by atoms with Crippen LogP contribution in [0.25, 0.3) is 11.0 Å². The Morgan fingerprint density at radius 2 is 1.86 bits per heavy atom. The van der Waals surface area contributed by atoms with Crippen LogP contribution in [-0.4, -0.2) is 76.0 Å². The molecule has 158 valence electrons. The van der Waals surface area contributed by atoms with Crippen LogP contribution in [-0.2, 0) is 11.3 Å². The molecule has 0 radical (unpaired) electrons. The molecular formula is C23H35N5O. The van der Waals surface area contributed by atoms with Crippen LogP contribution < -0.4 is 0 Å². The number of hydrogen-bond donors (Lipinski definition) is 0. The van der Waals surface area contributed by atoms with Crippen molar-refractivity contribution in [3.05, 3.63) is 30.1 Å². The highest BCUT2D eigenvalue weighted by atomic mass is 16.2. The molecule has 4 rings (SSSR count). The van der Waals surface area contributed by atoms with E-state index >= 15 is 0 Å². The second-order valence-corrected chi connectivity index (χ2v) is 8.81. The number of hydrogen-bond acceptors (Lipinski definition) is 4. The van der Waals surface area contributed by atoms with Crippen molar-refractivity contribution in [2.75, 3.05) is 45.8 Å². The first-order chi connectivity index (χ1) is 14.1. The fraction of sp³-hybridized carbons (Fsp3) is 0.652. The van der Waals surface area contributed by atoms with Crippen molar-refractivity contribution in [1.29, 1.82) is 0 Å². The molecule has 0 saturated carbocycles. The Kier molecular flexibility index (Phi) is 6.20. The molecule has 6 heteroatoms. The van der Waals surface area contributed by atoms with E-state index in [4.69, 9.17) is 4.98 Å². The molecular weight excluding hydrogens is 362 g/mol. The summed E-state index contributed by atoms with van der Waals surface area (Å²) in [4.78, 5) is 25.0. The van der Waals surface area contributed by atoms with E-state index in [9.17, 15) is 4.79 Å². The first-order valence-electron chi connectivity index (χ1n) is 11.3. The van der Waals surface area contributed by atoms with E-state index in [0.717, 1.165) is 76.5 Å². The van der Waals surface area contributed by atoms with Gasteiger partial charge >= 0.3 is 0 Å². The van der Waals surface area contributed by atoms with Crippen LogP contribution in [0.15, 0.2) is 24.3 Å². The summed E-state index contributed by atoms with van der Waals surface area (Å²) in [5.41, 5.74) is 2.27. The molecule has 2 aliphatic rings. The predicted molar refractivity (Wildman–Crippen MR) is 117 cm³/mol. The number of amides is 1. The SMILES string of the molecule is CCN1CCN(C(=O)[C@@H]2CCCN(Cc3nc4ccccc4n3C(C)C)C2)CC1. The van der Waals surface area contributed by atoms with Gasteiger partial charge in [-0.3, -0.25) is 9.69 Å². The number of imidazole rings is 1. The second-order valence-electron chi connectivity index (χ2n) is 8.81. The number of piperazine rings is 1. The average molecular weight is 398 g/mol. The van der Waals surface area contributed by atoms with E-state index in [2.05, 4.69) is 64.3 Å². The number of nitrogens with zero attached hydrogens (tertiary/aromatic N) is 5. The number of fused-ring (bicyclic) bond motifs is 1. The van der Waals surface area contributed by atoms with Gasteiger partial charge in [-0.1, -0.05) is 19.1 Å². The van der Waals surface area contributed by atoms with E-state index < -0.39 is 0 Å². The Balaban J connectivity index is 1.44. The predicted octanol–water partition coefficient (Wildman–Crippen LogP) is 2.99. The lowest BCUT2D eigenvalue weighted by atomic mass is 9.96. The molecule has 1 atom stereocenters. The number of likely N-dealkylation sites (tertiary alicyclic amines) is 1. The largest absolute Gasteiger partial charge is 0.340 e. The zero-order valence-electron chi connectivity index (χ0n) is 18.2. The Morgan fingerprint density at radius 3 is 2.59 bits per heavy atom. The van der Waals surface area contributed by atoms with Crippen LogP contribution >= 0.6 is 0 Å². The highest BCUT2D eigenvalue weighted by Gasteiger charge is 2.31. The summed E-state index contributed by atoms with van der Waals surface area (Å²) in [6.45, 7) is 14.2. The molecule has 1 amide bonds. The number of aromatic nitrogens is 2. The number of likely N-dealkylation sites (N-methyl/N-ethyl adjacent to an activating group) is 1. The Morgan fingerprint density at radius 1 is 1.10 bits per heavy atom. The van der Waals surface area contributed by atoms with Gasteiger partial charge in [0, 0.05) is 38.8 Å². The molecule has 0 N–H and O–H groups in total. The van der Waals surface area contributed by atoms with Gasteiger partial charge in [-0.2, -0.15) is 0 Å². The Labute approximate surface area is 174 Å². The molecule has 29 heavy (non-hydrogen) atoms. The van der Waals surface area contributed by atoms with Gasteiger partial charge in [0.05, 0.1) is 23.5 Å². The van der Waals surface area contributed by atoms with Crippen LogP contribution in [0.1, 0.15) is 45.5 Å². The topological polar surface area (TPSA) is 44.6 Å². The van der Waals surface area contributed by atoms with Crippen LogP contribution in [0.4, 0.5) is 0 Å². The number of rotatable bonds is 5. The zero-order valence-corrected chi connectivity index (χ0v) is 18.2. The monoisotopic (exact) mass is 397 g/mol. The summed E-state index contributed by atoms with van der Waals surface area (Å²) in [7, 11) is 0. The zero-order chi connectivity index (χ0) is 20.4. The van der Waals surface area contributed by atoms with E-state index in [0.29, 0.717) is 11.9 Å². The smallest absolute Gasteiger partial charge is 0.227 e. The van der Waals surface area contributed by atoms with Crippen LogP contribution in [0.5, 0.6) is 0 Å². The van der Waals surface area contributed by atoms with Gasteiger partial charge in [0.1, 0.15) is 5.82 Å². The number of carbonyl (C=O) groups is 1. The molecule has 2 aromatic rings. The fourth-order valence-electron chi connectivity index (χ4n) is 4.93. The Bertz CT molecular complexity index is 837. The Hall–Kier alpha value is -1.92. The van der Waals surface area contributed by atoms with Gasteiger partial charge < -0.3 is 14.4 Å². The highest BCUT2D eigenvalue weighted by molar-refractivity contribution is 5.79. The van der Waals surface area contributed by atoms with Crippen molar-refractivity contribution < 1.29 is 4.79 Å². The maximum atomic E-state index is 13.1. The molecule has 1 aromatic carbocycles. The van der Waals surface area contributed by atoms with Crippen molar-refractivity contribution in [3.63, 3.8) is 0 Å². The fourth-order valence-corrected chi connectivity index (χ4v) is 4.93. The molecule has 6 nitrogen and oxygen atoms in total. The van der Waals surface area contributed by atoms with Gasteiger partial charge in [-0.05, 0) is 51.9 Å². The molecule has 0 unspecified atom stereocenters. The number of benzene rings is 1. The minimum absolute atomic E-state index is 0.133. The van der Waals surface area contributed by atoms with E-state index in [1.54, 1.807) is 0 Å². The van der Waals surface area contributed by atoms with Crippen LogP contribution in [0.2, 0.25) is 0 Å². The maximum Gasteiger partial charge on any atom is 0.227 e. The maximum absolute atomic E-state index is 13.1. The molecule has 2 aliphatic heterocycles. The van der Waals surface area contributed by atoms with Crippen LogP contribution in [0.3, 0.4) is 0 Å². The summed E-state index contributed by atoms with van der Waals surface area (Å²) < 4.78 is 2.35. The summed E-state index contributed by atoms with van der Waals surface area (Å²) in [6, 6.07) is 8.76. The molecule has 0 spiro atoms. The number of carbonyl (C=O) groups excluding carboxylic acids is 1. The quantitative estimate of drug-likeness (QED) is 0.778. The third-order valence-electron chi connectivity index (χ3n) is 6.54. The highest BCUT2D eigenvalue weighted by Crippen LogP contribution is 2.25. The lowest BCUT2D eigenvalue weighted by Gasteiger charge is -2.38. The van der Waals surface area contributed by atoms with E-state index in [1.807, 2.05) is 0 Å². The minimum atomic E-state index is 0.133. The molecule has 3 heterocycles. The van der Waals surface area contributed by atoms with E-state index in [-0.39, 0.29) is 5.92 Å². The molecule has 0 bridgehead atoms. The summed E-state index contributed by atoms with van der Waals surface area (Å²) >= 11 is 0. The first kappa shape index (κ1) is 20.4. The van der Waals surface area contributed by atoms with Crippen molar-refractivity contribution in [2.24, 2.45) is 5.92 Å². The summed E-state index contributed by atoms with van der Waals surface area (Å²) in [6.07, 6.45) is 2.11. The average Bonchev–Trinajstić information content (AvgIpc) is 3.11. The summed E-state index contributed by atoms with van der Waals surface area (Å²) in [5.74, 6) is 1.61. The van der Waals surface area contributed by atoms with Gasteiger partial charge in [-0.25, -0.2) is 4.98 Å². The third kappa shape index (κ3) is 4.33. The standard InChI is InChI=1S/C23H35N5O/c1-4-25-12-14-27(15-13-25)23(29)19-8-7-11-26(16-19)17-22-24-20-9-5-6-10-21(20)28(22)18(2)3/h5-6,9-10,18-19H,4,7-8,11-17H2,1-3H3/t19-/m1/s1. The van der Waals surface area contributed by atoms with Crippen molar-refractivity contribution in [1.82, 2.24) is 24.3 Å². The molecule has 2 fully saturated rings. The number of para-hydroxylation sites is 2. The van der Waals surface area contributed by atoms with E-state index in [1.165, 1.54) is 5.52 Å². The molecule has 0 aliphatic carbocycles. The van der Waals surface area contributed by atoms with Crippen molar-refractivity contribution in [3.8, 4) is 0 Å².